The van der Waals surface area contributed by atoms with Gasteiger partial charge in [0.25, 0.3) is 0 Å². The predicted molar refractivity (Wildman–Crippen MR) is 80.3 cm³/mol. The second kappa shape index (κ2) is 6.23. The third-order valence-electron chi connectivity index (χ3n) is 4.23. The van der Waals surface area contributed by atoms with Gasteiger partial charge in [0.05, 0.1) is 0 Å². The average Bonchev–Trinajstić information content (AvgIpc) is 2.40. The van der Waals surface area contributed by atoms with Crippen LogP contribution >= 0.6 is 0 Å². The van der Waals surface area contributed by atoms with E-state index in [9.17, 15) is 4.79 Å². The second-order valence-corrected chi connectivity index (χ2v) is 6.22. The van der Waals surface area contributed by atoms with Gasteiger partial charge in [0, 0.05) is 11.6 Å². The Kier molecular flexibility index (Phi) is 4.62. The fourth-order valence-electron chi connectivity index (χ4n) is 2.72. The molecule has 1 N–H and O–H groups in total. The van der Waals surface area contributed by atoms with Crippen molar-refractivity contribution in [3.63, 3.8) is 0 Å². The van der Waals surface area contributed by atoms with Crippen LogP contribution in [0.1, 0.15) is 57.9 Å². The van der Waals surface area contributed by atoms with E-state index in [1.807, 2.05) is 12.1 Å². The van der Waals surface area contributed by atoms with Gasteiger partial charge >= 0.3 is 0 Å². The van der Waals surface area contributed by atoms with E-state index < -0.39 is 0 Å². The topological polar surface area (TPSA) is 29.1 Å². The van der Waals surface area contributed by atoms with E-state index in [1.54, 1.807) is 0 Å². The number of anilines is 1. The Morgan fingerprint density at radius 2 is 1.68 bits per heavy atom. The molecule has 1 saturated carbocycles. The Morgan fingerprint density at radius 3 is 2.21 bits per heavy atom. The first kappa shape index (κ1) is 14.1. The summed E-state index contributed by atoms with van der Waals surface area (Å²) in [4.78, 5) is 12.2. The van der Waals surface area contributed by atoms with E-state index in [1.165, 1.54) is 18.4 Å². The molecule has 2 heteroatoms. The lowest BCUT2D eigenvalue weighted by Crippen LogP contribution is -2.26. The van der Waals surface area contributed by atoms with Crippen molar-refractivity contribution in [2.45, 2.75) is 52.4 Å². The van der Waals surface area contributed by atoms with Crippen LogP contribution in [0.2, 0.25) is 0 Å². The molecule has 19 heavy (non-hydrogen) atoms. The van der Waals surface area contributed by atoms with Crippen molar-refractivity contribution in [3.05, 3.63) is 29.8 Å². The minimum Gasteiger partial charge on any atom is -0.326 e. The number of carbonyl (C=O) groups excluding carboxylic acids is 1. The lowest BCUT2D eigenvalue weighted by atomic mass is 9.82. The number of hydrogen-bond acceptors (Lipinski definition) is 1. The Bertz CT molecular complexity index is 413. The molecule has 1 aromatic carbocycles. The minimum atomic E-state index is 0.198. The first-order valence-corrected chi connectivity index (χ1v) is 7.47. The molecular weight excluding hydrogens is 234 g/mol. The van der Waals surface area contributed by atoms with Crippen LogP contribution in [0.4, 0.5) is 5.69 Å². The predicted octanol–water partition coefficient (Wildman–Crippen LogP) is 4.57. The molecule has 0 spiro atoms. The quantitative estimate of drug-likeness (QED) is 0.846. The number of benzene rings is 1. The fraction of sp³-hybridized carbons (Fsp3) is 0.588. The lowest BCUT2D eigenvalue weighted by molar-refractivity contribution is -0.121. The van der Waals surface area contributed by atoms with Crippen LogP contribution in [0.3, 0.4) is 0 Å². The zero-order valence-corrected chi connectivity index (χ0v) is 12.3. The van der Waals surface area contributed by atoms with Crippen molar-refractivity contribution in [1.82, 2.24) is 0 Å². The maximum atomic E-state index is 12.2. The highest BCUT2D eigenvalue weighted by atomic mass is 16.1. The van der Waals surface area contributed by atoms with E-state index in [2.05, 4.69) is 38.2 Å². The summed E-state index contributed by atoms with van der Waals surface area (Å²) in [5.41, 5.74) is 2.23. The smallest absolute Gasteiger partial charge is 0.227 e. The van der Waals surface area contributed by atoms with Gasteiger partial charge < -0.3 is 5.32 Å². The fourth-order valence-corrected chi connectivity index (χ4v) is 2.72. The first-order chi connectivity index (χ1) is 9.06. The second-order valence-electron chi connectivity index (χ2n) is 6.22. The van der Waals surface area contributed by atoms with Crippen molar-refractivity contribution < 1.29 is 4.79 Å². The largest absolute Gasteiger partial charge is 0.326 e. The van der Waals surface area contributed by atoms with Crippen LogP contribution in [0, 0.1) is 11.8 Å². The minimum absolute atomic E-state index is 0.198. The maximum Gasteiger partial charge on any atom is 0.227 e. The number of rotatable bonds is 3. The molecule has 0 saturated heterocycles. The van der Waals surface area contributed by atoms with Gasteiger partial charge in [-0.05, 0) is 55.2 Å². The Labute approximate surface area is 116 Å². The van der Waals surface area contributed by atoms with Crippen molar-refractivity contribution in [2.75, 3.05) is 5.32 Å². The highest BCUT2D eigenvalue weighted by molar-refractivity contribution is 5.92. The number of amides is 1. The zero-order valence-electron chi connectivity index (χ0n) is 12.3. The van der Waals surface area contributed by atoms with E-state index in [0.717, 1.165) is 24.4 Å². The van der Waals surface area contributed by atoms with Crippen molar-refractivity contribution >= 4 is 11.6 Å². The molecule has 104 valence electrons. The van der Waals surface area contributed by atoms with Gasteiger partial charge in [-0.25, -0.2) is 0 Å². The molecule has 0 aliphatic heterocycles. The standard InChI is InChI=1S/C17H25NO/c1-12(2)14-8-10-16(11-9-14)18-17(19)15-6-4-13(3)5-7-15/h8-13,15H,4-7H2,1-3H3,(H,18,19). The van der Waals surface area contributed by atoms with E-state index in [-0.39, 0.29) is 11.8 Å². The van der Waals surface area contributed by atoms with Crippen molar-refractivity contribution in [3.8, 4) is 0 Å². The van der Waals surface area contributed by atoms with Crippen molar-refractivity contribution in [2.24, 2.45) is 11.8 Å². The van der Waals surface area contributed by atoms with Gasteiger partial charge in [0.1, 0.15) is 0 Å². The molecule has 0 bridgehead atoms. The molecule has 2 rings (SSSR count). The van der Waals surface area contributed by atoms with Gasteiger partial charge in [0.15, 0.2) is 0 Å². The van der Waals surface area contributed by atoms with E-state index >= 15 is 0 Å². The molecule has 1 aliphatic rings. The van der Waals surface area contributed by atoms with Gasteiger partial charge in [-0.15, -0.1) is 0 Å². The number of nitrogens with one attached hydrogen (secondary N) is 1. The third kappa shape index (κ3) is 3.82. The molecule has 0 radical (unpaired) electrons. The van der Waals surface area contributed by atoms with Crippen LogP contribution in [0.25, 0.3) is 0 Å². The summed E-state index contributed by atoms with van der Waals surface area (Å²) in [5, 5.41) is 3.05. The van der Waals surface area contributed by atoms with E-state index in [0.29, 0.717) is 5.92 Å². The molecule has 0 aromatic heterocycles. The molecule has 0 atom stereocenters. The van der Waals surface area contributed by atoms with Gasteiger partial charge in [-0.2, -0.15) is 0 Å². The SMILES string of the molecule is CC1CCC(C(=O)Nc2ccc(C(C)C)cc2)CC1. The maximum absolute atomic E-state index is 12.2. The summed E-state index contributed by atoms with van der Waals surface area (Å²) < 4.78 is 0. The highest BCUT2D eigenvalue weighted by Gasteiger charge is 2.24. The summed E-state index contributed by atoms with van der Waals surface area (Å²) in [6, 6.07) is 8.23. The lowest BCUT2D eigenvalue weighted by Gasteiger charge is -2.25. The Morgan fingerprint density at radius 1 is 1.11 bits per heavy atom. The zero-order chi connectivity index (χ0) is 13.8. The van der Waals surface area contributed by atoms with Crippen LogP contribution < -0.4 is 5.32 Å². The molecule has 1 aliphatic carbocycles. The Hall–Kier alpha value is -1.31. The number of carbonyl (C=O) groups is 1. The summed E-state index contributed by atoms with van der Waals surface area (Å²) in [6.45, 7) is 6.63. The molecule has 2 nitrogen and oxygen atoms in total. The van der Waals surface area contributed by atoms with Crippen LogP contribution in [-0.4, -0.2) is 5.91 Å². The first-order valence-electron chi connectivity index (χ1n) is 7.47. The van der Waals surface area contributed by atoms with Gasteiger partial charge in [-0.3, -0.25) is 4.79 Å². The van der Waals surface area contributed by atoms with Crippen LogP contribution in [-0.2, 0) is 4.79 Å². The number of hydrogen-bond donors (Lipinski definition) is 1. The summed E-state index contributed by atoms with van der Waals surface area (Å²) in [5.74, 6) is 1.73. The van der Waals surface area contributed by atoms with Gasteiger partial charge in [0.2, 0.25) is 5.91 Å². The molecule has 1 fully saturated rings. The summed E-state index contributed by atoms with van der Waals surface area (Å²) >= 11 is 0. The summed E-state index contributed by atoms with van der Waals surface area (Å²) in [6.07, 6.45) is 4.45. The molecule has 0 heterocycles. The third-order valence-corrected chi connectivity index (χ3v) is 4.23. The van der Waals surface area contributed by atoms with Gasteiger partial charge in [-0.1, -0.05) is 32.9 Å². The molecule has 0 unspecified atom stereocenters. The van der Waals surface area contributed by atoms with Crippen LogP contribution in [0.15, 0.2) is 24.3 Å². The average molecular weight is 259 g/mol. The highest BCUT2D eigenvalue weighted by Crippen LogP contribution is 2.29. The summed E-state index contributed by atoms with van der Waals surface area (Å²) in [7, 11) is 0. The van der Waals surface area contributed by atoms with Crippen LogP contribution in [0.5, 0.6) is 0 Å². The van der Waals surface area contributed by atoms with Crippen molar-refractivity contribution in [1.29, 1.82) is 0 Å². The molecular formula is C17H25NO. The molecule has 1 amide bonds. The normalized spacial score (nSPS) is 23.4. The Balaban J connectivity index is 1.91. The van der Waals surface area contributed by atoms with E-state index in [4.69, 9.17) is 0 Å². The molecule has 1 aromatic rings. The monoisotopic (exact) mass is 259 g/mol.